The SMILES string of the molecule is CC1(C)c2ccccc2C2(c3ccccc3-c3ccc(Cl)cc32)c2ccccc21.CC1(C)c2ccccc2C2(c3ccccc3-c3ccc(N(c4ccc(-c5ccccc5)cc4)c4ccc(-c5ccccc5)cc4)cc32)c2ccccc21.c1ccc(-c2ccc(Nc3ccc(-c4ccccc4)cc3)cc2)cc1. The summed E-state index contributed by atoms with van der Waals surface area (Å²) in [5.74, 6) is 0. The molecule has 0 aliphatic heterocycles. The van der Waals surface area contributed by atoms with Crippen LogP contribution in [0.1, 0.15) is 94.5 Å². The third-order valence-electron chi connectivity index (χ3n) is 23.0. The highest BCUT2D eigenvalue weighted by molar-refractivity contribution is 6.30. The fourth-order valence-corrected chi connectivity index (χ4v) is 18.2. The summed E-state index contributed by atoms with van der Waals surface area (Å²) >= 11 is 6.58. The van der Waals surface area contributed by atoms with Gasteiger partial charge in [0, 0.05) is 44.3 Å². The minimum absolute atomic E-state index is 0.0608. The van der Waals surface area contributed by atoms with Gasteiger partial charge in [-0.25, -0.2) is 0 Å². The standard InChI is InChI=1S/C52H39N.C28H21Cl.C24H19N/c1-51(2)46-21-11-13-23-48(46)52(49-24-14-12-22-47(49)51)45-20-10-9-19-43(45)44-34-33-42(35-50(44)52)53(40-29-25-38(26-30-40)36-15-5-3-6-16-36)41-31-27-39(28-32-41)37-17-7-4-8-18-37;1-27(2)22-11-5-7-13-24(22)28(25-14-8-6-12-23(25)27)21-10-4-3-9-19(21)20-16-15-18(29)17-26(20)28;1-3-7-19(8-4-1)21-11-15-23(16-12-21)25-24-17-13-22(14-18-24)20-9-5-2-6-10-20/h3-35H,1-2H3;3-17H,1-2H3;1-18,25H. The van der Waals surface area contributed by atoms with E-state index in [1.807, 2.05) is 18.2 Å². The van der Waals surface area contributed by atoms with Gasteiger partial charge in [0.25, 0.3) is 0 Å². The van der Waals surface area contributed by atoms with E-state index in [-0.39, 0.29) is 16.2 Å². The summed E-state index contributed by atoms with van der Waals surface area (Å²) in [5.41, 5.74) is 35.9. The van der Waals surface area contributed by atoms with Crippen LogP contribution in [0.15, 0.2) is 400 Å². The van der Waals surface area contributed by atoms with E-state index in [1.54, 1.807) is 0 Å². The molecule has 0 saturated heterocycles. The number of halogens is 1. The van der Waals surface area contributed by atoms with E-state index in [4.69, 9.17) is 11.6 Å². The molecule has 2 nitrogen and oxygen atoms in total. The number of hydrogen-bond donors (Lipinski definition) is 1. The van der Waals surface area contributed by atoms with Crippen LogP contribution in [0, 0.1) is 0 Å². The summed E-state index contributed by atoms with van der Waals surface area (Å²) in [7, 11) is 0. The van der Waals surface area contributed by atoms with Gasteiger partial charge in [0.15, 0.2) is 0 Å². The van der Waals surface area contributed by atoms with Gasteiger partial charge in [-0.3, -0.25) is 0 Å². The van der Waals surface area contributed by atoms with E-state index in [0.717, 1.165) is 33.5 Å². The number of hydrogen-bond acceptors (Lipinski definition) is 2. The Morgan fingerprint density at radius 1 is 0.206 bits per heavy atom. The largest absolute Gasteiger partial charge is 0.356 e. The smallest absolute Gasteiger partial charge is 0.0720 e. The molecule has 0 heterocycles. The molecular formula is C104H79ClN2. The lowest BCUT2D eigenvalue weighted by Crippen LogP contribution is -2.40. The molecule has 3 heteroatoms. The first-order chi connectivity index (χ1) is 52.5. The Labute approximate surface area is 634 Å². The second-order valence-corrected chi connectivity index (χ2v) is 30.1. The van der Waals surface area contributed by atoms with Crippen molar-refractivity contribution < 1.29 is 0 Å². The fraction of sp³-hybridized carbons (Fsp3) is 0.0769. The molecule has 107 heavy (non-hydrogen) atoms. The maximum atomic E-state index is 6.58. The maximum absolute atomic E-state index is 6.58. The molecule has 512 valence electrons. The van der Waals surface area contributed by atoms with Crippen LogP contribution >= 0.6 is 11.6 Å². The zero-order valence-electron chi connectivity index (χ0n) is 60.4. The van der Waals surface area contributed by atoms with E-state index in [0.29, 0.717) is 0 Å². The molecule has 0 saturated carbocycles. The molecule has 1 N–H and O–H groups in total. The average molecular weight is 1390 g/mol. The molecule has 0 unspecified atom stereocenters. The number of rotatable bonds is 9. The summed E-state index contributed by atoms with van der Waals surface area (Å²) in [6, 6.07) is 145. The molecule has 16 aromatic rings. The van der Waals surface area contributed by atoms with Crippen LogP contribution in [0.3, 0.4) is 0 Å². The normalized spacial score (nSPS) is 14.0. The molecule has 16 aromatic carbocycles. The van der Waals surface area contributed by atoms with Gasteiger partial charge >= 0.3 is 0 Å². The Balaban J connectivity index is 0.000000126. The summed E-state index contributed by atoms with van der Waals surface area (Å²) in [4.78, 5) is 2.42. The van der Waals surface area contributed by atoms with Crippen molar-refractivity contribution in [2.24, 2.45) is 0 Å². The molecule has 0 aromatic heterocycles. The lowest BCUT2D eigenvalue weighted by molar-refractivity contribution is 0.563. The minimum atomic E-state index is -0.454. The van der Waals surface area contributed by atoms with Crippen molar-refractivity contribution in [1.29, 1.82) is 0 Å². The first kappa shape index (κ1) is 66.4. The summed E-state index contributed by atoms with van der Waals surface area (Å²) in [6.45, 7) is 9.46. The molecule has 0 atom stereocenters. The molecule has 0 radical (unpaired) electrons. The summed E-state index contributed by atoms with van der Waals surface area (Å²) < 4.78 is 0. The molecule has 4 aliphatic carbocycles. The molecule has 2 spiro atoms. The lowest BCUT2D eigenvalue weighted by Gasteiger charge is -2.46. The van der Waals surface area contributed by atoms with Crippen molar-refractivity contribution in [2.45, 2.75) is 49.4 Å². The number of fused-ring (bicyclic) bond motifs is 18. The van der Waals surface area contributed by atoms with Crippen molar-refractivity contribution in [1.82, 2.24) is 0 Å². The van der Waals surface area contributed by atoms with E-state index in [2.05, 4.69) is 420 Å². The van der Waals surface area contributed by atoms with Crippen LogP contribution in [0.4, 0.5) is 28.4 Å². The predicted molar refractivity (Wildman–Crippen MR) is 449 cm³/mol. The topological polar surface area (TPSA) is 15.3 Å². The molecule has 0 bridgehead atoms. The van der Waals surface area contributed by atoms with Crippen LogP contribution in [-0.4, -0.2) is 0 Å². The zero-order valence-corrected chi connectivity index (χ0v) is 61.2. The van der Waals surface area contributed by atoms with E-state index < -0.39 is 5.41 Å². The Morgan fingerprint density at radius 2 is 0.449 bits per heavy atom. The van der Waals surface area contributed by atoms with Gasteiger partial charge in [-0.1, -0.05) is 367 Å². The van der Waals surface area contributed by atoms with Gasteiger partial charge < -0.3 is 10.2 Å². The maximum Gasteiger partial charge on any atom is 0.0720 e. The van der Waals surface area contributed by atoms with Gasteiger partial charge in [0.05, 0.1) is 10.8 Å². The van der Waals surface area contributed by atoms with Gasteiger partial charge in [-0.05, 0) is 206 Å². The third-order valence-corrected chi connectivity index (χ3v) is 23.3. The first-order valence-corrected chi connectivity index (χ1v) is 37.6. The molecule has 0 amide bonds. The van der Waals surface area contributed by atoms with Crippen molar-refractivity contribution in [3.8, 4) is 66.8 Å². The van der Waals surface area contributed by atoms with Crippen molar-refractivity contribution in [2.75, 3.05) is 10.2 Å². The van der Waals surface area contributed by atoms with Gasteiger partial charge in [0.1, 0.15) is 0 Å². The summed E-state index contributed by atoms with van der Waals surface area (Å²) in [5, 5.41) is 4.25. The third kappa shape index (κ3) is 11.2. The number of nitrogens with zero attached hydrogens (tertiary/aromatic N) is 1. The summed E-state index contributed by atoms with van der Waals surface area (Å²) in [6.07, 6.45) is 0. The Bertz CT molecular complexity index is 5680. The Hall–Kier alpha value is -12.6. The zero-order chi connectivity index (χ0) is 72.3. The van der Waals surface area contributed by atoms with Crippen molar-refractivity contribution >= 4 is 40.0 Å². The van der Waals surface area contributed by atoms with E-state index in [9.17, 15) is 0 Å². The highest BCUT2D eigenvalue weighted by Crippen LogP contribution is 2.65. The minimum Gasteiger partial charge on any atom is -0.356 e. The van der Waals surface area contributed by atoms with Gasteiger partial charge in [0.2, 0.25) is 0 Å². The van der Waals surface area contributed by atoms with Crippen LogP contribution in [0.5, 0.6) is 0 Å². The number of benzene rings is 16. The molecule has 4 aliphatic rings. The lowest BCUT2D eigenvalue weighted by atomic mass is 9.55. The van der Waals surface area contributed by atoms with Crippen LogP contribution < -0.4 is 10.2 Å². The van der Waals surface area contributed by atoms with Crippen LogP contribution in [0.25, 0.3) is 66.8 Å². The Morgan fingerprint density at radius 3 is 0.785 bits per heavy atom. The Kier molecular flexibility index (Phi) is 16.8. The van der Waals surface area contributed by atoms with Crippen LogP contribution in [0.2, 0.25) is 5.02 Å². The van der Waals surface area contributed by atoms with Gasteiger partial charge in [-0.2, -0.15) is 0 Å². The van der Waals surface area contributed by atoms with Crippen LogP contribution in [-0.2, 0) is 21.7 Å². The first-order valence-electron chi connectivity index (χ1n) is 37.2. The van der Waals surface area contributed by atoms with Crippen molar-refractivity contribution in [3.05, 3.63) is 472 Å². The second-order valence-electron chi connectivity index (χ2n) is 29.6. The quantitative estimate of drug-likeness (QED) is 0.155. The number of nitrogens with one attached hydrogen (secondary N) is 1. The van der Waals surface area contributed by atoms with Crippen molar-refractivity contribution in [3.63, 3.8) is 0 Å². The average Bonchev–Trinajstić information content (AvgIpc) is 1.57. The number of anilines is 5. The monoisotopic (exact) mass is 1390 g/mol. The molecule has 0 fully saturated rings. The molecule has 20 rings (SSSR count). The van der Waals surface area contributed by atoms with E-state index in [1.165, 1.54) is 134 Å². The highest BCUT2D eigenvalue weighted by Gasteiger charge is 2.55. The highest BCUT2D eigenvalue weighted by atomic mass is 35.5. The molecular weight excluding hydrogens is 1310 g/mol. The second kappa shape index (κ2) is 27.1. The van der Waals surface area contributed by atoms with Gasteiger partial charge in [-0.15, -0.1) is 0 Å². The predicted octanol–water partition coefficient (Wildman–Crippen LogP) is 27.6. The fourth-order valence-electron chi connectivity index (χ4n) is 18.1. The van der Waals surface area contributed by atoms with E-state index >= 15 is 0 Å².